The van der Waals surface area contributed by atoms with Crippen molar-refractivity contribution in [3.63, 3.8) is 0 Å². The van der Waals surface area contributed by atoms with Gasteiger partial charge in [-0.25, -0.2) is 0 Å². The average molecular weight is 411 g/mol. The van der Waals surface area contributed by atoms with Crippen LogP contribution in [0, 0.1) is 0 Å². The van der Waals surface area contributed by atoms with Crippen molar-refractivity contribution >= 4 is 22.4 Å². The van der Waals surface area contributed by atoms with E-state index in [0.29, 0.717) is 5.56 Å². The number of amides is 1. The fourth-order valence-corrected chi connectivity index (χ4v) is 3.87. The van der Waals surface area contributed by atoms with Gasteiger partial charge in [-0.15, -0.1) is 0 Å². The second-order valence-electron chi connectivity index (χ2n) is 7.87. The summed E-state index contributed by atoms with van der Waals surface area (Å²) >= 11 is 0. The molecule has 0 bridgehead atoms. The van der Waals surface area contributed by atoms with E-state index in [1.807, 2.05) is 104 Å². The molecule has 4 heteroatoms. The van der Waals surface area contributed by atoms with Crippen molar-refractivity contribution in [2.75, 3.05) is 19.0 Å². The van der Waals surface area contributed by atoms with E-state index in [1.54, 1.807) is 6.07 Å². The fourth-order valence-electron chi connectivity index (χ4n) is 3.87. The maximum absolute atomic E-state index is 13.0. The summed E-state index contributed by atoms with van der Waals surface area (Å²) in [5, 5.41) is 15.9. The lowest BCUT2D eigenvalue weighted by molar-refractivity contribution is -0.120. The molecule has 0 aliphatic rings. The molecule has 0 fully saturated rings. The molecule has 0 unspecified atom stereocenters. The monoisotopic (exact) mass is 410 g/mol. The third-order valence-electron chi connectivity index (χ3n) is 5.49. The molecule has 4 aromatic rings. The molecule has 156 valence electrons. The van der Waals surface area contributed by atoms with Crippen LogP contribution in [-0.2, 0) is 11.2 Å². The number of rotatable bonds is 6. The van der Waals surface area contributed by atoms with Gasteiger partial charge in [-0.05, 0) is 40.1 Å². The van der Waals surface area contributed by atoms with Gasteiger partial charge >= 0.3 is 0 Å². The van der Waals surface area contributed by atoms with E-state index in [9.17, 15) is 9.90 Å². The van der Waals surface area contributed by atoms with Crippen LogP contribution in [0.1, 0.15) is 22.7 Å². The molecule has 4 rings (SSSR count). The van der Waals surface area contributed by atoms with Gasteiger partial charge in [0.25, 0.3) is 0 Å². The Labute approximate surface area is 182 Å². The van der Waals surface area contributed by atoms with Crippen LogP contribution in [0.4, 0.5) is 5.69 Å². The first-order chi connectivity index (χ1) is 15.0. The first kappa shape index (κ1) is 20.5. The highest BCUT2D eigenvalue weighted by Crippen LogP contribution is 2.36. The minimum atomic E-state index is -0.474. The zero-order valence-electron chi connectivity index (χ0n) is 17.7. The normalized spacial score (nSPS) is 11.8. The molecule has 4 aromatic carbocycles. The van der Waals surface area contributed by atoms with Gasteiger partial charge in [0, 0.05) is 25.3 Å². The number of anilines is 1. The van der Waals surface area contributed by atoms with E-state index < -0.39 is 6.04 Å². The summed E-state index contributed by atoms with van der Waals surface area (Å²) < 4.78 is 0. The van der Waals surface area contributed by atoms with Gasteiger partial charge in [0.2, 0.25) is 5.91 Å². The van der Waals surface area contributed by atoms with Crippen LogP contribution < -0.4 is 10.2 Å². The molecule has 0 heterocycles. The van der Waals surface area contributed by atoms with Crippen LogP contribution in [0.3, 0.4) is 0 Å². The Morgan fingerprint density at radius 3 is 2.26 bits per heavy atom. The highest BCUT2D eigenvalue weighted by Gasteiger charge is 2.22. The van der Waals surface area contributed by atoms with Gasteiger partial charge < -0.3 is 15.3 Å². The van der Waals surface area contributed by atoms with Crippen molar-refractivity contribution in [1.29, 1.82) is 0 Å². The minimum Gasteiger partial charge on any atom is -0.508 e. The number of carbonyl (C=O) groups excluding carboxylic acids is 1. The highest BCUT2D eigenvalue weighted by molar-refractivity contribution is 5.89. The molecule has 0 saturated carbocycles. The van der Waals surface area contributed by atoms with E-state index in [4.69, 9.17) is 0 Å². The number of hydrogen-bond acceptors (Lipinski definition) is 3. The average Bonchev–Trinajstić information content (AvgIpc) is 2.78. The van der Waals surface area contributed by atoms with Crippen molar-refractivity contribution in [3.05, 3.63) is 108 Å². The first-order valence-corrected chi connectivity index (χ1v) is 10.3. The molecular formula is C27H26N2O2. The number of hydrogen-bond donors (Lipinski definition) is 2. The van der Waals surface area contributed by atoms with Gasteiger partial charge in [0.1, 0.15) is 5.75 Å². The molecule has 1 amide bonds. The molecule has 0 aromatic heterocycles. The molecule has 0 radical (unpaired) electrons. The first-order valence-electron chi connectivity index (χ1n) is 10.3. The van der Waals surface area contributed by atoms with Crippen LogP contribution >= 0.6 is 0 Å². The van der Waals surface area contributed by atoms with Gasteiger partial charge in [0.05, 0.1) is 12.5 Å². The van der Waals surface area contributed by atoms with E-state index in [-0.39, 0.29) is 18.1 Å². The second kappa shape index (κ2) is 8.92. The maximum atomic E-state index is 13.0. The number of phenolic OH excluding ortho intramolecular Hbond substituents is 1. The molecule has 0 aliphatic heterocycles. The number of benzene rings is 4. The third kappa shape index (κ3) is 4.53. The molecule has 0 saturated heterocycles. The Kier molecular flexibility index (Phi) is 5.89. The largest absolute Gasteiger partial charge is 0.508 e. The second-order valence-corrected chi connectivity index (χ2v) is 7.87. The van der Waals surface area contributed by atoms with Crippen LogP contribution in [0.15, 0.2) is 91.0 Å². The Balaban J connectivity index is 1.76. The Bertz CT molecular complexity index is 1190. The third-order valence-corrected chi connectivity index (χ3v) is 5.49. The van der Waals surface area contributed by atoms with Crippen molar-refractivity contribution in [2.24, 2.45) is 0 Å². The summed E-state index contributed by atoms with van der Waals surface area (Å²) in [5.41, 5.74) is 3.64. The molecular weight excluding hydrogens is 384 g/mol. The summed E-state index contributed by atoms with van der Waals surface area (Å²) in [6.07, 6.45) is 0.276. The van der Waals surface area contributed by atoms with Gasteiger partial charge in [-0.2, -0.15) is 0 Å². The van der Waals surface area contributed by atoms with Crippen molar-refractivity contribution in [1.82, 2.24) is 5.32 Å². The van der Waals surface area contributed by atoms with Gasteiger partial charge in [-0.1, -0.05) is 72.8 Å². The zero-order valence-corrected chi connectivity index (χ0v) is 17.7. The van der Waals surface area contributed by atoms with Crippen LogP contribution in [-0.4, -0.2) is 25.1 Å². The Morgan fingerprint density at radius 2 is 1.55 bits per heavy atom. The SMILES string of the molecule is CN(C)c1ccc([C@H](NC(=O)Cc2ccccc2)c2c(O)ccc3ccccc23)cc1. The predicted octanol–water partition coefficient (Wildman–Crippen LogP) is 5.06. The topological polar surface area (TPSA) is 52.6 Å². The molecule has 4 nitrogen and oxygen atoms in total. The van der Waals surface area contributed by atoms with Gasteiger partial charge in [-0.3, -0.25) is 4.79 Å². The van der Waals surface area contributed by atoms with Crippen molar-refractivity contribution in [3.8, 4) is 5.75 Å². The number of nitrogens with one attached hydrogen (secondary N) is 1. The van der Waals surface area contributed by atoms with E-state index in [1.165, 1.54) is 0 Å². The summed E-state index contributed by atoms with van der Waals surface area (Å²) in [4.78, 5) is 15.0. The van der Waals surface area contributed by atoms with Crippen LogP contribution in [0.25, 0.3) is 10.8 Å². The molecule has 0 aliphatic carbocycles. The lowest BCUT2D eigenvalue weighted by Gasteiger charge is -2.23. The predicted molar refractivity (Wildman–Crippen MR) is 127 cm³/mol. The smallest absolute Gasteiger partial charge is 0.225 e. The van der Waals surface area contributed by atoms with E-state index in [0.717, 1.165) is 27.6 Å². The molecule has 0 spiro atoms. The van der Waals surface area contributed by atoms with Crippen molar-refractivity contribution < 1.29 is 9.90 Å². The Hall–Kier alpha value is -3.79. The summed E-state index contributed by atoms with van der Waals surface area (Å²) in [7, 11) is 3.98. The highest BCUT2D eigenvalue weighted by atomic mass is 16.3. The Morgan fingerprint density at radius 1 is 0.871 bits per heavy atom. The number of carbonyl (C=O) groups is 1. The molecule has 31 heavy (non-hydrogen) atoms. The lowest BCUT2D eigenvalue weighted by atomic mass is 9.92. The van der Waals surface area contributed by atoms with Crippen LogP contribution in [0.5, 0.6) is 5.75 Å². The standard InChI is InChI=1S/C27H26N2O2/c1-29(2)22-15-12-21(13-16-22)27(28-25(31)18-19-8-4-3-5-9-19)26-23-11-7-6-10-20(23)14-17-24(26)30/h3-17,27,30H,18H2,1-2H3,(H,28,31)/t27-/m0/s1. The number of nitrogens with zero attached hydrogens (tertiary/aromatic N) is 1. The molecule has 2 N–H and O–H groups in total. The van der Waals surface area contributed by atoms with Crippen molar-refractivity contribution in [2.45, 2.75) is 12.5 Å². The lowest BCUT2D eigenvalue weighted by Crippen LogP contribution is -2.30. The quantitative estimate of drug-likeness (QED) is 0.467. The summed E-state index contributed by atoms with van der Waals surface area (Å²) in [6.45, 7) is 0. The minimum absolute atomic E-state index is 0.0970. The number of fused-ring (bicyclic) bond motifs is 1. The summed E-state index contributed by atoms with van der Waals surface area (Å²) in [5.74, 6) is 0.0700. The number of phenols is 1. The fraction of sp³-hybridized carbons (Fsp3) is 0.148. The summed E-state index contributed by atoms with van der Waals surface area (Å²) in [6, 6.07) is 28.7. The number of aromatic hydroxyl groups is 1. The van der Waals surface area contributed by atoms with E-state index in [2.05, 4.69) is 5.32 Å². The molecule has 1 atom stereocenters. The van der Waals surface area contributed by atoms with E-state index >= 15 is 0 Å². The van der Waals surface area contributed by atoms with Crippen LogP contribution in [0.2, 0.25) is 0 Å². The maximum Gasteiger partial charge on any atom is 0.225 e. The van der Waals surface area contributed by atoms with Gasteiger partial charge in [0.15, 0.2) is 0 Å². The zero-order chi connectivity index (χ0) is 21.8.